The number of likely N-dealkylation sites (N-methyl/N-ethyl adjacent to an activating group) is 4. The number of benzene rings is 9. The highest BCUT2D eigenvalue weighted by molar-refractivity contribution is 7.10. The van der Waals surface area contributed by atoms with E-state index in [2.05, 4.69) is 36.4 Å². The zero-order chi connectivity index (χ0) is 86.9. The molecule has 1 aliphatic carbocycles. The van der Waals surface area contributed by atoms with Crippen molar-refractivity contribution >= 4 is 88.6 Å². The summed E-state index contributed by atoms with van der Waals surface area (Å²) in [5.74, 6) is -6.07. The van der Waals surface area contributed by atoms with Crippen LogP contribution in [0.2, 0.25) is 5.02 Å². The third-order valence-electron chi connectivity index (χ3n) is 22.4. The van der Waals surface area contributed by atoms with Gasteiger partial charge in [-0.2, -0.15) is 14.0 Å². The molecule has 2 unspecified atom stereocenters. The SMILES string of the molecule is CN1C(=O)C(C)(c2cccc(-c3cc(Cl)ccc3CCOC=O)c2)N=C1N.CN1C(=O)C(c2ccccc2)(c2cccc(NC(=O)NCc3ccccc3)c2)N=C1N.CN1C(=O)[C@@H](c2ccc(C3CCC3)cc2)[C@@](C)(c2ccc(F)cc2F)N=C1N.COCC(F)(F)c1ccc([C@H]2C(=O)N(C)C(N)=N[C@]2(C)c2cc(-c3cccc(C#N)c3)cs2)cc1. The fourth-order valence-electron chi connectivity index (χ4n) is 15.4. The van der Waals surface area contributed by atoms with Gasteiger partial charge in [0.05, 0.1) is 30.1 Å². The number of rotatable bonds is 20. The predicted molar refractivity (Wildman–Crippen MR) is 460 cm³/mol. The van der Waals surface area contributed by atoms with Gasteiger partial charge in [-0.05, 0) is 166 Å². The number of aliphatic imine (C=N–C) groups is 4. The van der Waals surface area contributed by atoms with E-state index >= 15 is 0 Å². The van der Waals surface area contributed by atoms with Crippen molar-refractivity contribution in [1.29, 1.82) is 5.26 Å². The van der Waals surface area contributed by atoms with Gasteiger partial charge in [0.1, 0.15) is 29.3 Å². The number of carbonyl (C=O) groups excluding carboxylic acids is 6. The molecule has 121 heavy (non-hydrogen) atoms. The smallest absolute Gasteiger partial charge is 0.319 e. The summed E-state index contributed by atoms with van der Waals surface area (Å²) in [6.45, 7) is 5.63. The number of amides is 6. The molecule has 1 aromatic heterocycles. The zero-order valence-corrected chi connectivity index (χ0v) is 69.2. The predicted octanol–water partition coefficient (Wildman–Crippen LogP) is 14.6. The van der Waals surface area contributed by atoms with Gasteiger partial charge in [0, 0.05) is 81.0 Å². The Morgan fingerprint density at radius 3 is 1.80 bits per heavy atom. The van der Waals surface area contributed by atoms with Gasteiger partial charge in [-0.15, -0.1) is 11.3 Å². The fraction of sp³-hybridized carbons (Fsp3) is 0.250. The van der Waals surface area contributed by atoms with Crippen molar-refractivity contribution in [3.05, 3.63) is 313 Å². The number of carbonyl (C=O) groups is 6. The molecular formula is C92H90ClF4N15O8S. The molecule has 5 aliphatic rings. The average Bonchev–Trinajstić information content (AvgIpc) is 1.73. The van der Waals surface area contributed by atoms with E-state index in [0.717, 1.165) is 55.5 Å². The van der Waals surface area contributed by atoms with Crippen LogP contribution < -0.4 is 33.6 Å². The van der Waals surface area contributed by atoms with Crippen LogP contribution in [0.4, 0.5) is 28.0 Å². The van der Waals surface area contributed by atoms with Crippen LogP contribution in [0.1, 0.15) is 124 Å². The third kappa shape index (κ3) is 18.2. The highest BCUT2D eigenvalue weighted by Crippen LogP contribution is 2.50. The van der Waals surface area contributed by atoms with E-state index in [4.69, 9.17) is 44.3 Å². The molecule has 1 fully saturated rings. The van der Waals surface area contributed by atoms with Gasteiger partial charge in [0.2, 0.25) is 11.8 Å². The van der Waals surface area contributed by atoms with Crippen molar-refractivity contribution in [1.82, 2.24) is 24.9 Å². The lowest BCUT2D eigenvalue weighted by Gasteiger charge is -2.41. The minimum atomic E-state index is -3.15. The van der Waals surface area contributed by atoms with E-state index < -0.39 is 58.2 Å². The second-order valence-corrected chi connectivity index (χ2v) is 31.6. The Morgan fingerprint density at radius 1 is 0.620 bits per heavy atom. The molecule has 0 bridgehead atoms. The number of nitrogens with two attached hydrogens (primary N) is 4. The topological polar surface area (TPSA) is 335 Å². The number of alkyl halides is 2. The quantitative estimate of drug-likeness (QED) is 0.0235. The first-order chi connectivity index (χ1) is 57.8. The molecule has 622 valence electrons. The summed E-state index contributed by atoms with van der Waals surface area (Å²) in [6, 6.07) is 67.1. The summed E-state index contributed by atoms with van der Waals surface area (Å²) in [7, 11) is 7.53. The van der Waals surface area contributed by atoms with Gasteiger partial charge < -0.3 is 43.0 Å². The first-order valence-corrected chi connectivity index (χ1v) is 39.9. The van der Waals surface area contributed by atoms with Gasteiger partial charge >= 0.3 is 6.03 Å². The Morgan fingerprint density at radius 2 is 1.20 bits per heavy atom. The summed E-state index contributed by atoms with van der Waals surface area (Å²) < 4.78 is 66.2. The van der Waals surface area contributed by atoms with Crippen LogP contribution in [0.15, 0.2) is 250 Å². The van der Waals surface area contributed by atoms with Gasteiger partial charge in [0.25, 0.3) is 24.2 Å². The Labute approximate surface area is 707 Å². The van der Waals surface area contributed by atoms with Gasteiger partial charge in [0.15, 0.2) is 34.9 Å². The van der Waals surface area contributed by atoms with Gasteiger partial charge in [-0.1, -0.05) is 182 Å². The molecule has 10 N–H and O–H groups in total. The molecule has 6 atom stereocenters. The van der Waals surface area contributed by atoms with Crippen molar-refractivity contribution in [3.8, 4) is 28.3 Å². The van der Waals surface area contributed by atoms with Gasteiger partial charge in [-0.3, -0.25) is 43.6 Å². The maximum Gasteiger partial charge on any atom is 0.319 e. The molecule has 29 heteroatoms. The van der Waals surface area contributed by atoms with E-state index in [9.17, 15) is 51.6 Å². The number of anilines is 1. The first kappa shape index (κ1) is 87.0. The first-order valence-electron chi connectivity index (χ1n) is 38.6. The summed E-state index contributed by atoms with van der Waals surface area (Å²) in [5.41, 5.74) is 30.4. The van der Waals surface area contributed by atoms with Crippen LogP contribution in [0.3, 0.4) is 0 Å². The van der Waals surface area contributed by atoms with Gasteiger partial charge in [-0.25, -0.2) is 33.5 Å². The van der Waals surface area contributed by atoms with E-state index in [1.807, 2.05) is 158 Å². The second-order valence-electron chi connectivity index (χ2n) is 30.3. The van der Waals surface area contributed by atoms with Crippen LogP contribution in [-0.2, 0) is 74.5 Å². The molecule has 9 aromatic carbocycles. The average molecular weight is 1680 g/mol. The number of urea groups is 1. The fourth-order valence-corrected chi connectivity index (χ4v) is 16.6. The molecular weight excluding hydrogens is 1590 g/mol. The number of nitrogens with zero attached hydrogens (tertiary/aromatic N) is 9. The Kier molecular flexibility index (Phi) is 26.2. The van der Waals surface area contributed by atoms with Crippen LogP contribution in [0.25, 0.3) is 22.3 Å². The lowest BCUT2D eigenvalue weighted by molar-refractivity contribution is -0.131. The maximum absolute atomic E-state index is 14.7. The molecule has 4 aliphatic heterocycles. The summed E-state index contributed by atoms with van der Waals surface area (Å²) in [4.78, 5) is 99.5. The number of nitrogens with one attached hydrogen (secondary N) is 2. The van der Waals surface area contributed by atoms with E-state index in [1.54, 1.807) is 78.4 Å². The number of thiophene rings is 1. The van der Waals surface area contributed by atoms with Crippen LogP contribution in [0.5, 0.6) is 0 Å². The normalized spacial score (nSPS) is 20.7. The maximum atomic E-state index is 14.7. The Hall–Kier alpha value is -13.4. The van der Waals surface area contributed by atoms with Crippen LogP contribution in [-0.4, -0.2) is 128 Å². The minimum absolute atomic E-state index is 0.0126. The largest absolute Gasteiger partial charge is 0.468 e. The Balaban J connectivity index is 0.000000148. The number of guanidine groups is 4. The van der Waals surface area contributed by atoms with Crippen molar-refractivity contribution in [2.24, 2.45) is 42.9 Å². The summed E-state index contributed by atoms with van der Waals surface area (Å²) in [5, 5.41) is 17.4. The van der Waals surface area contributed by atoms with Crippen LogP contribution in [0, 0.1) is 23.0 Å². The monoisotopic (exact) mass is 1680 g/mol. The molecule has 5 heterocycles. The molecule has 15 rings (SSSR count). The molecule has 0 saturated heterocycles. The standard InChI is InChI=1S/C26H24F2N4O2S.C24H23N5O2.C22H23F2N3O.C20H20ClN3O3/c1-25(21-12-19(14-35-21)18-6-4-5-16(11-18)13-29)22(23(33)32(2)24(30)31-25)17-7-9-20(10-8-17)26(27,28)15-34-3;1-29-21(30)24(28-22(29)25,18-11-6-3-7-12-18)19-13-8-14-20(15-19)27-23(31)26-16-17-9-4-2-5-10-17;1-22(17-11-10-16(23)12-18(17)24)19(20(28)27(2)21(25)26-22)15-8-6-14(7-9-15)13-4-3-5-13;1-20(18(26)24(2)19(22)23-20)15-5-3-4-14(10-15)17-11-16(21)7-6-13(17)8-9-27-12-25/h4-12,14,22H,15H2,1-3H3,(H2,30,31);2-15H,16H2,1H3,(H2,25,28)(H2,26,27,31);6-13,19H,3-5H2,1-2H3,(H2,25,26);3-7,10-12H,8-9H2,1-2H3,(H2,22,23)/t22-,25+;;19-,22-;/m0.1./s1. The lowest BCUT2D eigenvalue weighted by atomic mass is 9.73. The van der Waals surface area contributed by atoms with E-state index in [-0.39, 0.29) is 71.2 Å². The number of methoxy groups -OCH3 is 1. The lowest BCUT2D eigenvalue weighted by Crippen LogP contribution is -2.52. The van der Waals surface area contributed by atoms with Crippen molar-refractivity contribution in [2.75, 3.05) is 53.8 Å². The number of ether oxygens (including phenoxy) is 2. The summed E-state index contributed by atoms with van der Waals surface area (Å²) >= 11 is 7.63. The minimum Gasteiger partial charge on any atom is -0.468 e. The number of hydrogen-bond donors (Lipinski definition) is 6. The second kappa shape index (κ2) is 36.5. The highest BCUT2D eigenvalue weighted by atomic mass is 35.5. The molecule has 1 saturated carbocycles. The van der Waals surface area contributed by atoms with Crippen molar-refractivity contribution < 1.29 is 55.8 Å². The number of hydrogen-bond acceptors (Lipinski definition) is 18. The Bertz CT molecular complexity index is 5730. The molecule has 6 amide bonds. The van der Waals surface area contributed by atoms with Crippen LogP contribution >= 0.6 is 22.9 Å². The van der Waals surface area contributed by atoms with E-state index in [1.165, 1.54) is 99.3 Å². The third-order valence-corrected chi connectivity index (χ3v) is 23.8. The van der Waals surface area contributed by atoms with E-state index in [0.29, 0.717) is 58.3 Å². The number of halogens is 5. The molecule has 10 aromatic rings. The van der Waals surface area contributed by atoms with Crippen molar-refractivity contribution in [2.45, 2.75) is 98.8 Å². The zero-order valence-electron chi connectivity index (χ0n) is 67.6. The summed E-state index contributed by atoms with van der Waals surface area (Å²) in [6.07, 6.45) is 4.17. The number of nitriles is 1. The molecule has 0 radical (unpaired) electrons. The van der Waals surface area contributed by atoms with Crippen molar-refractivity contribution in [3.63, 3.8) is 0 Å². The molecule has 0 spiro atoms. The molecule has 23 nitrogen and oxygen atoms in total. The highest BCUT2D eigenvalue weighted by Gasteiger charge is 2.52.